The number of methoxy groups -OCH3 is 1. The van der Waals surface area contributed by atoms with Crippen molar-refractivity contribution < 1.29 is 18.7 Å². The van der Waals surface area contributed by atoms with Crippen LogP contribution in [0.15, 0.2) is 39.2 Å². The average Bonchev–Trinajstić information content (AvgIpc) is 2.55. The number of fused-ring (bicyclic) bond motifs is 1. The normalized spacial score (nSPS) is 12.7. The van der Waals surface area contributed by atoms with E-state index >= 15 is 0 Å². The highest BCUT2D eigenvalue weighted by molar-refractivity contribution is 6.31. The number of nitriles is 1. The third-order valence-electron chi connectivity index (χ3n) is 3.11. The molecule has 1 atom stereocenters. The molecule has 124 valence electrons. The number of carbonyl (C=O) groups is 1. The SMILES string of the molecule is COCC(C)OC(=O)C(C#N)=Cc1coc2ccc(Cl)cc2c1=O. The number of carbonyl (C=O) groups excluding carboxylic acids is 1. The standard InChI is InChI=1S/C17H14ClNO5/c1-10(8-22-2)24-17(21)11(7-19)5-12-9-23-15-4-3-13(18)6-14(15)16(12)20/h3-6,9-10H,8H2,1-2H3. The predicted octanol–water partition coefficient (Wildman–Crippen LogP) is 2.93. The second-order valence-corrected chi connectivity index (χ2v) is 5.44. The molecule has 0 spiro atoms. The third-order valence-corrected chi connectivity index (χ3v) is 3.35. The molecule has 2 aromatic rings. The minimum absolute atomic E-state index is 0.0534. The predicted molar refractivity (Wildman–Crippen MR) is 88.5 cm³/mol. The van der Waals surface area contributed by atoms with Gasteiger partial charge < -0.3 is 13.9 Å². The maximum Gasteiger partial charge on any atom is 0.349 e. The van der Waals surface area contributed by atoms with Crippen LogP contribution in [0.5, 0.6) is 0 Å². The molecule has 0 aliphatic rings. The van der Waals surface area contributed by atoms with Gasteiger partial charge in [0, 0.05) is 12.1 Å². The van der Waals surface area contributed by atoms with Gasteiger partial charge in [-0.25, -0.2) is 4.79 Å². The minimum atomic E-state index is -0.840. The van der Waals surface area contributed by atoms with Crippen LogP contribution in [0.4, 0.5) is 0 Å². The topological polar surface area (TPSA) is 89.5 Å². The van der Waals surface area contributed by atoms with E-state index in [2.05, 4.69) is 0 Å². The number of ether oxygens (including phenoxy) is 2. The first-order chi connectivity index (χ1) is 11.5. The van der Waals surface area contributed by atoms with Gasteiger partial charge in [0.15, 0.2) is 5.43 Å². The summed E-state index contributed by atoms with van der Waals surface area (Å²) in [5, 5.41) is 9.78. The Morgan fingerprint density at radius 2 is 2.25 bits per heavy atom. The summed E-state index contributed by atoms with van der Waals surface area (Å²) in [6.45, 7) is 1.82. The monoisotopic (exact) mass is 347 g/mol. The summed E-state index contributed by atoms with van der Waals surface area (Å²) < 4.78 is 15.3. The fourth-order valence-corrected chi connectivity index (χ4v) is 2.20. The first kappa shape index (κ1) is 17.7. The van der Waals surface area contributed by atoms with Gasteiger partial charge in [-0.3, -0.25) is 4.79 Å². The maximum atomic E-state index is 12.4. The summed E-state index contributed by atoms with van der Waals surface area (Å²) in [5.41, 5.74) is -0.301. The Bertz CT molecular complexity index is 894. The van der Waals surface area contributed by atoms with E-state index in [1.54, 1.807) is 25.1 Å². The molecule has 1 heterocycles. The van der Waals surface area contributed by atoms with Crippen LogP contribution in [0.2, 0.25) is 5.02 Å². The Balaban J connectivity index is 2.39. The van der Waals surface area contributed by atoms with Crippen molar-refractivity contribution in [3.05, 3.63) is 50.8 Å². The highest BCUT2D eigenvalue weighted by Gasteiger charge is 2.16. The molecule has 7 heteroatoms. The van der Waals surface area contributed by atoms with Crippen LogP contribution < -0.4 is 5.43 Å². The molecule has 1 aromatic carbocycles. The fourth-order valence-electron chi connectivity index (χ4n) is 2.03. The van der Waals surface area contributed by atoms with Gasteiger partial charge in [-0.05, 0) is 31.2 Å². The van der Waals surface area contributed by atoms with Crippen molar-refractivity contribution in [1.82, 2.24) is 0 Å². The van der Waals surface area contributed by atoms with Crippen LogP contribution in [-0.4, -0.2) is 25.8 Å². The molecule has 0 radical (unpaired) electrons. The zero-order valence-electron chi connectivity index (χ0n) is 13.0. The molecule has 24 heavy (non-hydrogen) atoms. The van der Waals surface area contributed by atoms with Gasteiger partial charge in [0.2, 0.25) is 0 Å². The molecule has 1 aromatic heterocycles. The van der Waals surface area contributed by atoms with Crippen LogP contribution >= 0.6 is 11.6 Å². The summed E-state index contributed by atoms with van der Waals surface area (Å²) in [4.78, 5) is 24.4. The molecule has 2 rings (SSSR count). The highest BCUT2D eigenvalue weighted by atomic mass is 35.5. The second-order valence-electron chi connectivity index (χ2n) is 5.00. The van der Waals surface area contributed by atoms with E-state index in [0.29, 0.717) is 10.6 Å². The summed E-state index contributed by atoms with van der Waals surface area (Å²) >= 11 is 5.88. The van der Waals surface area contributed by atoms with Gasteiger partial charge in [0.05, 0.1) is 17.6 Å². The molecular weight excluding hydrogens is 334 g/mol. The maximum absolute atomic E-state index is 12.4. The average molecular weight is 348 g/mol. The second kappa shape index (κ2) is 7.77. The number of esters is 1. The van der Waals surface area contributed by atoms with Gasteiger partial charge >= 0.3 is 5.97 Å². The Hall–Kier alpha value is -2.62. The van der Waals surface area contributed by atoms with Crippen LogP contribution in [0.25, 0.3) is 17.0 Å². The van der Waals surface area contributed by atoms with Crippen LogP contribution in [-0.2, 0) is 14.3 Å². The molecule has 0 aliphatic heterocycles. The lowest BCUT2D eigenvalue weighted by Crippen LogP contribution is -2.20. The van der Waals surface area contributed by atoms with E-state index in [9.17, 15) is 9.59 Å². The van der Waals surface area contributed by atoms with Crippen molar-refractivity contribution in [2.75, 3.05) is 13.7 Å². The number of nitrogens with zero attached hydrogens (tertiary/aromatic N) is 1. The summed E-state index contributed by atoms with van der Waals surface area (Å²) in [6, 6.07) is 6.35. The van der Waals surface area contributed by atoms with Crippen molar-refractivity contribution in [2.24, 2.45) is 0 Å². The van der Waals surface area contributed by atoms with E-state index in [-0.39, 0.29) is 23.1 Å². The lowest BCUT2D eigenvalue weighted by Gasteiger charge is -2.11. The molecule has 0 saturated heterocycles. The molecule has 6 nitrogen and oxygen atoms in total. The number of benzene rings is 1. The number of hydrogen-bond acceptors (Lipinski definition) is 6. The molecule has 1 unspecified atom stereocenters. The molecule has 0 fully saturated rings. The lowest BCUT2D eigenvalue weighted by molar-refractivity contribution is -0.145. The highest BCUT2D eigenvalue weighted by Crippen LogP contribution is 2.18. The molecule has 0 amide bonds. The molecular formula is C17H14ClNO5. The van der Waals surface area contributed by atoms with Gasteiger partial charge in [0.1, 0.15) is 29.6 Å². The van der Waals surface area contributed by atoms with Gasteiger partial charge in [0.25, 0.3) is 0 Å². The Morgan fingerprint density at radius 3 is 2.92 bits per heavy atom. The zero-order valence-corrected chi connectivity index (χ0v) is 13.8. The number of hydrogen-bond donors (Lipinski definition) is 0. The lowest BCUT2D eigenvalue weighted by atomic mass is 10.1. The summed E-state index contributed by atoms with van der Waals surface area (Å²) in [7, 11) is 1.47. The minimum Gasteiger partial charge on any atom is -0.463 e. The van der Waals surface area contributed by atoms with Crippen LogP contribution in [0, 0.1) is 11.3 Å². The van der Waals surface area contributed by atoms with E-state index in [0.717, 1.165) is 6.08 Å². The number of rotatable bonds is 5. The summed E-state index contributed by atoms with van der Waals surface area (Å²) in [6.07, 6.45) is 1.79. The Morgan fingerprint density at radius 1 is 1.50 bits per heavy atom. The zero-order chi connectivity index (χ0) is 17.7. The molecule has 0 N–H and O–H groups in total. The molecule has 0 aliphatic carbocycles. The van der Waals surface area contributed by atoms with Crippen LogP contribution in [0.3, 0.4) is 0 Å². The van der Waals surface area contributed by atoms with E-state index in [4.69, 9.17) is 30.8 Å². The van der Waals surface area contributed by atoms with Gasteiger partial charge in [-0.2, -0.15) is 5.26 Å². The quantitative estimate of drug-likeness (QED) is 0.469. The van der Waals surface area contributed by atoms with E-state index in [1.807, 2.05) is 0 Å². The van der Waals surface area contributed by atoms with Crippen molar-refractivity contribution >= 4 is 34.6 Å². The van der Waals surface area contributed by atoms with E-state index in [1.165, 1.54) is 19.4 Å². The van der Waals surface area contributed by atoms with E-state index < -0.39 is 17.5 Å². The van der Waals surface area contributed by atoms with Gasteiger partial charge in [-0.1, -0.05) is 11.6 Å². The smallest absolute Gasteiger partial charge is 0.349 e. The van der Waals surface area contributed by atoms with Crippen molar-refractivity contribution in [3.63, 3.8) is 0 Å². The first-order valence-electron chi connectivity index (χ1n) is 6.99. The van der Waals surface area contributed by atoms with Crippen LogP contribution in [0.1, 0.15) is 12.5 Å². The van der Waals surface area contributed by atoms with Crippen molar-refractivity contribution in [2.45, 2.75) is 13.0 Å². The van der Waals surface area contributed by atoms with Crippen molar-refractivity contribution in [3.8, 4) is 6.07 Å². The first-order valence-corrected chi connectivity index (χ1v) is 7.37. The van der Waals surface area contributed by atoms with Crippen molar-refractivity contribution in [1.29, 1.82) is 5.26 Å². The fraction of sp³-hybridized carbons (Fsp3) is 0.235. The number of halogens is 1. The summed E-state index contributed by atoms with van der Waals surface area (Å²) in [5.74, 6) is -0.840. The Kier molecular flexibility index (Phi) is 5.74. The third kappa shape index (κ3) is 4.02. The molecule has 0 saturated carbocycles. The largest absolute Gasteiger partial charge is 0.463 e. The molecule has 0 bridgehead atoms. The van der Waals surface area contributed by atoms with Gasteiger partial charge in [-0.15, -0.1) is 0 Å². The Labute approximate surface area is 142 Å².